The van der Waals surface area contributed by atoms with Crippen LogP contribution in [0.3, 0.4) is 0 Å². The molecule has 0 saturated heterocycles. The van der Waals surface area contributed by atoms with Crippen LogP contribution in [0.4, 0.5) is 0 Å². The number of hydrogen-bond donors (Lipinski definition) is 3. The number of unbranched alkanes of at least 4 members (excludes halogenated alkanes) is 1. The van der Waals surface area contributed by atoms with Crippen LogP contribution in [0.25, 0.3) is 0 Å². The number of guanidine groups is 1. The molecule has 0 rings (SSSR count). The van der Waals surface area contributed by atoms with Crippen LogP contribution >= 0.6 is 0 Å². The van der Waals surface area contributed by atoms with Crippen molar-refractivity contribution in [3.8, 4) is 0 Å². The van der Waals surface area contributed by atoms with Gasteiger partial charge in [0.25, 0.3) is 0 Å². The number of rotatable bonds is 5. The molecule has 0 amide bonds. The molecule has 0 aromatic carbocycles. The van der Waals surface area contributed by atoms with Crippen LogP contribution < -0.4 is 16.6 Å². The molecule has 0 bridgehead atoms. The highest BCUT2D eigenvalue weighted by Crippen LogP contribution is 1.83. The van der Waals surface area contributed by atoms with Gasteiger partial charge in [-0.05, 0) is 12.8 Å². The summed E-state index contributed by atoms with van der Waals surface area (Å²) in [6.45, 7) is 5.99. The van der Waals surface area contributed by atoms with Gasteiger partial charge in [-0.2, -0.15) is 0 Å². The SMILES string of the molecule is CCCCNC(=NCCC)NN. The molecule has 0 aliphatic rings. The third-order valence-corrected chi connectivity index (χ3v) is 1.45. The Morgan fingerprint density at radius 2 is 2.08 bits per heavy atom. The van der Waals surface area contributed by atoms with Crippen LogP contribution in [0, 0.1) is 0 Å². The van der Waals surface area contributed by atoms with Gasteiger partial charge in [0.1, 0.15) is 0 Å². The fraction of sp³-hybridized carbons (Fsp3) is 0.875. The van der Waals surface area contributed by atoms with Crippen molar-refractivity contribution < 1.29 is 0 Å². The van der Waals surface area contributed by atoms with Gasteiger partial charge in [-0.25, -0.2) is 5.84 Å². The molecule has 4 nitrogen and oxygen atoms in total. The molecule has 4 heteroatoms. The standard InChI is InChI=1S/C8H20N4/c1-3-5-7-11-8(12-9)10-6-4-2/h3-7,9H2,1-2H3,(H2,10,11,12). The average molecular weight is 172 g/mol. The largest absolute Gasteiger partial charge is 0.355 e. The lowest BCUT2D eigenvalue weighted by atomic mass is 10.3. The van der Waals surface area contributed by atoms with Crippen molar-refractivity contribution in [2.24, 2.45) is 10.8 Å². The molecule has 0 saturated carbocycles. The second-order valence-corrected chi connectivity index (χ2v) is 2.65. The zero-order valence-corrected chi connectivity index (χ0v) is 8.06. The Balaban J connectivity index is 3.52. The van der Waals surface area contributed by atoms with E-state index >= 15 is 0 Å². The highest BCUT2D eigenvalue weighted by Gasteiger charge is 1.91. The number of hydrazine groups is 1. The van der Waals surface area contributed by atoms with Crippen molar-refractivity contribution in [1.82, 2.24) is 10.7 Å². The Morgan fingerprint density at radius 1 is 1.33 bits per heavy atom. The maximum atomic E-state index is 5.25. The molecular formula is C8H20N4. The first kappa shape index (κ1) is 11.2. The van der Waals surface area contributed by atoms with Gasteiger partial charge >= 0.3 is 0 Å². The first-order valence-electron chi connectivity index (χ1n) is 4.60. The molecular weight excluding hydrogens is 152 g/mol. The van der Waals surface area contributed by atoms with Gasteiger partial charge in [0, 0.05) is 13.1 Å². The zero-order valence-electron chi connectivity index (χ0n) is 8.06. The predicted molar refractivity (Wildman–Crippen MR) is 52.8 cm³/mol. The molecule has 0 atom stereocenters. The van der Waals surface area contributed by atoms with E-state index in [1.165, 1.54) is 6.42 Å². The number of aliphatic imine (C=N–C) groups is 1. The monoisotopic (exact) mass is 172 g/mol. The molecule has 0 aromatic heterocycles. The summed E-state index contributed by atoms with van der Waals surface area (Å²) >= 11 is 0. The molecule has 0 radical (unpaired) electrons. The topological polar surface area (TPSA) is 62.4 Å². The summed E-state index contributed by atoms with van der Waals surface area (Å²) in [7, 11) is 0. The van der Waals surface area contributed by atoms with Gasteiger partial charge in [-0.1, -0.05) is 20.3 Å². The Hall–Kier alpha value is -0.770. The molecule has 0 unspecified atom stereocenters. The smallest absolute Gasteiger partial charge is 0.205 e. The van der Waals surface area contributed by atoms with Crippen molar-refractivity contribution in [3.63, 3.8) is 0 Å². The van der Waals surface area contributed by atoms with E-state index < -0.39 is 0 Å². The van der Waals surface area contributed by atoms with Crippen molar-refractivity contribution in [2.45, 2.75) is 33.1 Å². The summed E-state index contributed by atoms with van der Waals surface area (Å²) in [6.07, 6.45) is 3.37. The van der Waals surface area contributed by atoms with Gasteiger partial charge in [0.15, 0.2) is 0 Å². The Morgan fingerprint density at radius 3 is 2.58 bits per heavy atom. The van der Waals surface area contributed by atoms with Crippen molar-refractivity contribution in [1.29, 1.82) is 0 Å². The van der Waals surface area contributed by atoms with Crippen LogP contribution in [-0.4, -0.2) is 19.0 Å². The fourth-order valence-electron chi connectivity index (χ4n) is 0.760. The molecule has 0 aliphatic heterocycles. The van der Waals surface area contributed by atoms with Gasteiger partial charge in [-0.15, -0.1) is 0 Å². The van der Waals surface area contributed by atoms with Crippen molar-refractivity contribution >= 4 is 5.96 Å². The van der Waals surface area contributed by atoms with E-state index in [4.69, 9.17) is 5.84 Å². The van der Waals surface area contributed by atoms with E-state index in [0.717, 1.165) is 25.9 Å². The lowest BCUT2D eigenvalue weighted by Gasteiger charge is -2.07. The Labute approximate surface area is 74.6 Å². The predicted octanol–water partition coefficient (Wildman–Crippen LogP) is 0.605. The minimum atomic E-state index is 0.699. The summed E-state index contributed by atoms with van der Waals surface area (Å²) in [5.41, 5.74) is 2.53. The van der Waals surface area contributed by atoms with Gasteiger partial charge in [-0.3, -0.25) is 10.4 Å². The third kappa shape index (κ3) is 5.97. The molecule has 0 spiro atoms. The third-order valence-electron chi connectivity index (χ3n) is 1.45. The molecule has 72 valence electrons. The minimum Gasteiger partial charge on any atom is -0.355 e. The van der Waals surface area contributed by atoms with Gasteiger partial charge in [0.2, 0.25) is 5.96 Å². The summed E-state index contributed by atoms with van der Waals surface area (Å²) in [4.78, 5) is 4.20. The number of nitrogens with one attached hydrogen (secondary N) is 2. The molecule has 12 heavy (non-hydrogen) atoms. The summed E-state index contributed by atoms with van der Waals surface area (Å²) in [5, 5.41) is 3.12. The molecule has 0 aromatic rings. The second-order valence-electron chi connectivity index (χ2n) is 2.65. The van der Waals surface area contributed by atoms with Crippen LogP contribution in [0.15, 0.2) is 4.99 Å². The molecule has 0 aliphatic carbocycles. The van der Waals surface area contributed by atoms with E-state index in [-0.39, 0.29) is 0 Å². The second kappa shape index (κ2) is 8.33. The van der Waals surface area contributed by atoms with E-state index in [0.29, 0.717) is 5.96 Å². The quantitative estimate of drug-likeness (QED) is 0.187. The lowest BCUT2D eigenvalue weighted by molar-refractivity contribution is 0.730. The van der Waals surface area contributed by atoms with Crippen LogP contribution in [0.2, 0.25) is 0 Å². The zero-order chi connectivity index (χ0) is 9.23. The number of nitrogens with two attached hydrogens (primary N) is 1. The molecule has 4 N–H and O–H groups in total. The van der Waals surface area contributed by atoms with E-state index in [1.54, 1.807) is 0 Å². The normalized spacial score (nSPS) is 11.4. The minimum absolute atomic E-state index is 0.699. The van der Waals surface area contributed by atoms with E-state index in [2.05, 4.69) is 29.6 Å². The highest BCUT2D eigenvalue weighted by atomic mass is 15.3. The van der Waals surface area contributed by atoms with Crippen LogP contribution in [0.5, 0.6) is 0 Å². The van der Waals surface area contributed by atoms with E-state index in [9.17, 15) is 0 Å². The molecule has 0 fully saturated rings. The first-order valence-corrected chi connectivity index (χ1v) is 4.60. The summed E-state index contributed by atoms with van der Waals surface area (Å²) < 4.78 is 0. The molecule has 0 heterocycles. The van der Waals surface area contributed by atoms with Crippen LogP contribution in [0.1, 0.15) is 33.1 Å². The Kier molecular flexibility index (Phi) is 7.79. The summed E-state index contributed by atoms with van der Waals surface area (Å²) in [5.74, 6) is 5.95. The van der Waals surface area contributed by atoms with Crippen molar-refractivity contribution in [3.05, 3.63) is 0 Å². The fourth-order valence-corrected chi connectivity index (χ4v) is 0.760. The maximum absolute atomic E-state index is 5.25. The highest BCUT2D eigenvalue weighted by molar-refractivity contribution is 5.79. The summed E-state index contributed by atoms with van der Waals surface area (Å²) in [6, 6.07) is 0. The van der Waals surface area contributed by atoms with Crippen molar-refractivity contribution in [2.75, 3.05) is 13.1 Å². The lowest BCUT2D eigenvalue weighted by Crippen LogP contribution is -2.42. The van der Waals surface area contributed by atoms with E-state index in [1.807, 2.05) is 0 Å². The maximum Gasteiger partial charge on any atom is 0.205 e. The van der Waals surface area contributed by atoms with Crippen LogP contribution in [-0.2, 0) is 0 Å². The number of nitrogens with zero attached hydrogens (tertiary/aromatic N) is 1. The van der Waals surface area contributed by atoms with Gasteiger partial charge < -0.3 is 5.32 Å². The van der Waals surface area contributed by atoms with Gasteiger partial charge in [0.05, 0.1) is 0 Å². The first-order chi connectivity index (χ1) is 5.85. The Bertz CT molecular complexity index is 122. The average Bonchev–Trinajstić information content (AvgIpc) is 2.11. The number of hydrogen-bond acceptors (Lipinski definition) is 2.